The number of carbonyl (C=O) groups is 2. The molecule has 1 fully saturated rings. The highest BCUT2D eigenvalue weighted by molar-refractivity contribution is 5.86. The van der Waals surface area contributed by atoms with Crippen molar-refractivity contribution in [2.45, 2.75) is 58.1 Å². The molecule has 1 amide bonds. The fourth-order valence-electron chi connectivity index (χ4n) is 2.56. The summed E-state index contributed by atoms with van der Waals surface area (Å²) >= 11 is 0. The fraction of sp³-hybridized carbons (Fsp3) is 0.714. The molecule has 1 aliphatic heterocycles. The van der Waals surface area contributed by atoms with Crippen LogP contribution in [0.5, 0.6) is 0 Å². The molecule has 0 aromatic carbocycles. The van der Waals surface area contributed by atoms with Crippen LogP contribution in [-0.4, -0.2) is 49.6 Å². The first kappa shape index (κ1) is 16.3. The molecule has 8 heteroatoms. The van der Waals surface area contributed by atoms with Crippen LogP contribution in [0.1, 0.15) is 68.7 Å². The van der Waals surface area contributed by atoms with Gasteiger partial charge in [0.2, 0.25) is 0 Å². The summed E-state index contributed by atoms with van der Waals surface area (Å²) in [6, 6.07) is -0.429. The number of aromatic nitrogens is 3. The van der Waals surface area contributed by atoms with E-state index in [1.54, 1.807) is 25.7 Å². The maximum Gasteiger partial charge on any atom is 0.410 e. The number of carboxylic acid groups (broad SMARTS) is 1. The summed E-state index contributed by atoms with van der Waals surface area (Å²) in [5, 5.41) is 19.2. The van der Waals surface area contributed by atoms with Gasteiger partial charge in [-0.3, -0.25) is 4.90 Å². The number of carbonyl (C=O) groups excluding carboxylic acids is 1. The highest BCUT2D eigenvalue weighted by atomic mass is 16.6. The lowest BCUT2D eigenvalue weighted by Gasteiger charge is -2.31. The zero-order valence-corrected chi connectivity index (χ0v) is 13.1. The van der Waals surface area contributed by atoms with Crippen LogP contribution in [0.2, 0.25) is 0 Å². The number of ether oxygens (including phenoxy) is 1. The minimum atomic E-state index is -1.16. The van der Waals surface area contributed by atoms with Crippen LogP contribution in [0.15, 0.2) is 0 Å². The van der Waals surface area contributed by atoms with Crippen molar-refractivity contribution >= 4 is 12.1 Å². The Labute approximate surface area is 128 Å². The molecule has 122 valence electrons. The number of amides is 1. The van der Waals surface area contributed by atoms with Gasteiger partial charge in [0.15, 0.2) is 5.69 Å². The van der Waals surface area contributed by atoms with E-state index in [0.29, 0.717) is 18.7 Å². The molecule has 2 N–H and O–H groups in total. The summed E-state index contributed by atoms with van der Waals surface area (Å²) in [4.78, 5) is 25.3. The lowest BCUT2D eigenvalue weighted by atomic mass is 10.1. The second-order valence-corrected chi connectivity index (χ2v) is 6.40. The standard InChI is InChI=1S/C14H22N4O4/c1-14(2,3)22-13(21)18-8-6-4-5-7-9(18)10-11(12(19)20)16-17-15-10/h9H,4-8H2,1-3H3,(H,19,20)(H,15,16,17). The molecular formula is C14H22N4O4. The number of rotatable bonds is 2. The van der Waals surface area contributed by atoms with Gasteiger partial charge in [-0.15, -0.1) is 5.10 Å². The highest BCUT2D eigenvalue weighted by Gasteiger charge is 2.34. The van der Waals surface area contributed by atoms with Crippen molar-refractivity contribution in [3.63, 3.8) is 0 Å². The van der Waals surface area contributed by atoms with Gasteiger partial charge in [-0.25, -0.2) is 9.59 Å². The molecule has 0 radical (unpaired) electrons. The van der Waals surface area contributed by atoms with Gasteiger partial charge in [-0.05, 0) is 33.6 Å². The summed E-state index contributed by atoms with van der Waals surface area (Å²) in [5.41, 5.74) is -0.450. The minimum Gasteiger partial charge on any atom is -0.476 e. The Kier molecular flexibility index (Phi) is 4.68. The zero-order valence-electron chi connectivity index (χ0n) is 13.1. The molecule has 1 unspecified atom stereocenters. The average molecular weight is 310 g/mol. The maximum absolute atomic E-state index is 12.5. The van der Waals surface area contributed by atoms with Gasteiger partial charge in [0.25, 0.3) is 0 Å². The largest absolute Gasteiger partial charge is 0.476 e. The van der Waals surface area contributed by atoms with E-state index in [0.717, 1.165) is 19.3 Å². The van der Waals surface area contributed by atoms with E-state index in [1.807, 2.05) is 0 Å². The molecule has 1 aromatic rings. The molecule has 22 heavy (non-hydrogen) atoms. The Hall–Kier alpha value is -2.12. The van der Waals surface area contributed by atoms with E-state index in [4.69, 9.17) is 4.74 Å². The minimum absolute atomic E-state index is 0.138. The second-order valence-electron chi connectivity index (χ2n) is 6.40. The molecule has 8 nitrogen and oxygen atoms in total. The number of carboxylic acids is 1. The molecule has 1 saturated heterocycles. The van der Waals surface area contributed by atoms with E-state index < -0.39 is 23.7 Å². The maximum atomic E-state index is 12.5. The van der Waals surface area contributed by atoms with Crippen molar-refractivity contribution in [2.24, 2.45) is 0 Å². The van der Waals surface area contributed by atoms with E-state index >= 15 is 0 Å². The Morgan fingerprint density at radius 3 is 2.64 bits per heavy atom. The SMILES string of the molecule is CC(C)(C)OC(=O)N1CCCCCC1c1n[nH]nc1C(=O)O. The van der Waals surface area contributed by atoms with Crippen molar-refractivity contribution in [3.05, 3.63) is 11.4 Å². The number of H-pyrrole nitrogens is 1. The van der Waals surface area contributed by atoms with Crippen molar-refractivity contribution in [1.82, 2.24) is 20.3 Å². The van der Waals surface area contributed by atoms with Crippen molar-refractivity contribution in [2.75, 3.05) is 6.54 Å². The molecule has 1 aromatic heterocycles. The number of likely N-dealkylation sites (tertiary alicyclic amines) is 1. The van der Waals surface area contributed by atoms with Crippen molar-refractivity contribution < 1.29 is 19.4 Å². The Morgan fingerprint density at radius 2 is 2.00 bits per heavy atom. The third kappa shape index (κ3) is 3.75. The monoisotopic (exact) mass is 310 g/mol. The summed E-state index contributed by atoms with van der Waals surface area (Å²) < 4.78 is 5.44. The molecule has 0 aliphatic carbocycles. The van der Waals surface area contributed by atoms with Gasteiger partial charge in [0.05, 0.1) is 6.04 Å². The Bertz CT molecular complexity index is 549. The smallest absolute Gasteiger partial charge is 0.410 e. The van der Waals surface area contributed by atoms with Gasteiger partial charge in [-0.1, -0.05) is 12.8 Å². The van der Waals surface area contributed by atoms with E-state index in [1.165, 1.54) is 0 Å². The predicted molar refractivity (Wildman–Crippen MR) is 77.5 cm³/mol. The number of hydrogen-bond acceptors (Lipinski definition) is 5. The van der Waals surface area contributed by atoms with Crippen LogP contribution in [0.25, 0.3) is 0 Å². The van der Waals surface area contributed by atoms with E-state index in [2.05, 4.69) is 15.4 Å². The number of aromatic amines is 1. The summed E-state index contributed by atoms with van der Waals surface area (Å²) in [5.74, 6) is -1.16. The summed E-state index contributed by atoms with van der Waals surface area (Å²) in [7, 11) is 0. The molecule has 2 rings (SSSR count). The topological polar surface area (TPSA) is 108 Å². The number of nitrogens with one attached hydrogen (secondary N) is 1. The average Bonchev–Trinajstić information content (AvgIpc) is 2.74. The molecule has 1 aliphatic rings. The van der Waals surface area contributed by atoms with Gasteiger partial charge in [-0.2, -0.15) is 10.3 Å². The molecule has 0 bridgehead atoms. The zero-order chi connectivity index (χ0) is 16.3. The Balaban J connectivity index is 2.30. The highest BCUT2D eigenvalue weighted by Crippen LogP contribution is 2.31. The Morgan fingerprint density at radius 1 is 1.27 bits per heavy atom. The van der Waals surface area contributed by atoms with Crippen molar-refractivity contribution in [3.8, 4) is 0 Å². The van der Waals surface area contributed by atoms with Gasteiger partial charge in [0.1, 0.15) is 11.3 Å². The van der Waals surface area contributed by atoms with Gasteiger partial charge >= 0.3 is 12.1 Å². The molecule has 0 spiro atoms. The van der Waals surface area contributed by atoms with Crippen LogP contribution >= 0.6 is 0 Å². The molecule has 1 atom stereocenters. The second kappa shape index (κ2) is 6.33. The predicted octanol–water partition coefficient (Wildman–Crippen LogP) is 2.36. The van der Waals surface area contributed by atoms with Crippen LogP contribution < -0.4 is 0 Å². The normalized spacial score (nSPS) is 19.6. The fourth-order valence-corrected chi connectivity index (χ4v) is 2.56. The molecular weight excluding hydrogens is 288 g/mol. The van der Waals surface area contributed by atoms with Gasteiger partial charge in [0, 0.05) is 6.54 Å². The van der Waals surface area contributed by atoms with E-state index in [-0.39, 0.29) is 5.69 Å². The van der Waals surface area contributed by atoms with Crippen LogP contribution in [-0.2, 0) is 4.74 Å². The molecule has 0 saturated carbocycles. The molecule has 2 heterocycles. The lowest BCUT2D eigenvalue weighted by Crippen LogP contribution is -2.39. The first-order valence-corrected chi connectivity index (χ1v) is 7.43. The van der Waals surface area contributed by atoms with Crippen molar-refractivity contribution in [1.29, 1.82) is 0 Å². The summed E-state index contributed by atoms with van der Waals surface area (Å²) in [6.45, 7) is 5.93. The van der Waals surface area contributed by atoms with Gasteiger partial charge < -0.3 is 9.84 Å². The third-order valence-corrected chi connectivity index (χ3v) is 3.47. The third-order valence-electron chi connectivity index (χ3n) is 3.47. The van der Waals surface area contributed by atoms with Crippen LogP contribution in [0.3, 0.4) is 0 Å². The van der Waals surface area contributed by atoms with E-state index in [9.17, 15) is 14.7 Å². The summed E-state index contributed by atoms with van der Waals surface area (Å²) in [6.07, 6.45) is 2.94. The number of nitrogens with zero attached hydrogens (tertiary/aromatic N) is 3. The lowest BCUT2D eigenvalue weighted by molar-refractivity contribution is 0.0156. The quantitative estimate of drug-likeness (QED) is 0.868. The van der Waals surface area contributed by atoms with Crippen LogP contribution in [0, 0.1) is 0 Å². The number of aromatic carboxylic acids is 1. The first-order chi connectivity index (χ1) is 10.3. The number of hydrogen-bond donors (Lipinski definition) is 2. The first-order valence-electron chi connectivity index (χ1n) is 7.43. The van der Waals surface area contributed by atoms with Crippen LogP contribution in [0.4, 0.5) is 4.79 Å².